The molecule has 11 heteroatoms. The summed E-state index contributed by atoms with van der Waals surface area (Å²) < 4.78 is 57.1. The van der Waals surface area contributed by atoms with Crippen LogP contribution in [0.25, 0.3) is 22.5 Å². The van der Waals surface area contributed by atoms with Crippen LogP contribution >= 0.6 is 0 Å². The molecule has 0 atom stereocenters. The van der Waals surface area contributed by atoms with Crippen LogP contribution in [0.1, 0.15) is 0 Å². The second-order valence-corrected chi connectivity index (χ2v) is 8.26. The van der Waals surface area contributed by atoms with Gasteiger partial charge in [0.1, 0.15) is 12.0 Å². The molecule has 0 fully saturated rings. The zero-order valence-electron chi connectivity index (χ0n) is 13.5. The van der Waals surface area contributed by atoms with Crippen molar-refractivity contribution in [3.63, 3.8) is 0 Å². The molecule has 0 saturated carbocycles. The van der Waals surface area contributed by atoms with E-state index in [1.807, 2.05) is 0 Å². The van der Waals surface area contributed by atoms with Crippen molar-refractivity contribution in [3.8, 4) is 22.5 Å². The highest BCUT2D eigenvalue weighted by molar-refractivity contribution is 8.27. The number of hydrogen-bond donors (Lipinski definition) is 1. The zero-order valence-corrected chi connectivity index (χ0v) is 15.1. The summed E-state index contributed by atoms with van der Waals surface area (Å²) in [6.45, 7) is 0. The van der Waals surface area contributed by atoms with Gasteiger partial charge in [0.05, 0.1) is 5.69 Å². The lowest BCUT2D eigenvalue weighted by Crippen LogP contribution is -2.31. The summed E-state index contributed by atoms with van der Waals surface area (Å²) in [6.07, 6.45) is 0.986. The van der Waals surface area contributed by atoms with Gasteiger partial charge >= 0.3 is 24.7 Å². The number of carbonyl (C=O) groups excluding carboxylic acids is 1. The fourth-order valence-electron chi connectivity index (χ4n) is 2.32. The van der Waals surface area contributed by atoms with Gasteiger partial charge in [-0.2, -0.15) is 21.6 Å². The van der Waals surface area contributed by atoms with Crippen LogP contribution in [0, 0.1) is 0 Å². The topological polar surface area (TPSA) is 133 Å². The standard InChI is InChI=1S/C16H12N2O7S2/c19-16(26(20,21)22)27(23,24)25-18-11-17-14(12-7-3-1-4-8-12)15(18)13-9-5-2-6-10-13/h1-11H,(H,20,21,22). The van der Waals surface area contributed by atoms with Gasteiger partial charge in [-0.15, -0.1) is 0 Å². The largest absolute Gasteiger partial charge is 0.426 e. The minimum atomic E-state index is -5.49. The normalized spacial score (nSPS) is 11.9. The van der Waals surface area contributed by atoms with E-state index in [-0.39, 0.29) is 5.69 Å². The van der Waals surface area contributed by atoms with Crippen molar-refractivity contribution in [2.45, 2.75) is 0 Å². The Morgan fingerprint density at radius 1 is 0.889 bits per heavy atom. The maximum absolute atomic E-state index is 11.9. The number of imidazole rings is 1. The monoisotopic (exact) mass is 408 g/mol. The van der Waals surface area contributed by atoms with Gasteiger partial charge in [-0.3, -0.25) is 13.6 Å². The van der Waals surface area contributed by atoms with Gasteiger partial charge in [0, 0.05) is 11.1 Å². The highest BCUT2D eigenvalue weighted by atomic mass is 32.3. The van der Waals surface area contributed by atoms with Gasteiger partial charge in [-0.25, -0.2) is 4.98 Å². The summed E-state index contributed by atoms with van der Waals surface area (Å²) in [4.78, 5) is 15.5. The minimum absolute atomic E-state index is 0.175. The van der Waals surface area contributed by atoms with Crippen LogP contribution in [0.5, 0.6) is 0 Å². The number of hydrogen-bond acceptors (Lipinski definition) is 7. The van der Waals surface area contributed by atoms with E-state index >= 15 is 0 Å². The average molecular weight is 408 g/mol. The first-order valence-electron chi connectivity index (χ1n) is 7.35. The lowest BCUT2D eigenvalue weighted by Gasteiger charge is -2.10. The molecule has 2 aromatic carbocycles. The highest BCUT2D eigenvalue weighted by Crippen LogP contribution is 2.30. The number of carbonyl (C=O) groups is 1. The van der Waals surface area contributed by atoms with Crippen LogP contribution in [-0.2, 0) is 20.2 Å². The van der Waals surface area contributed by atoms with Crippen LogP contribution < -0.4 is 4.28 Å². The third-order valence-electron chi connectivity index (χ3n) is 3.42. The Bertz CT molecular complexity index is 1190. The molecular weight excluding hydrogens is 396 g/mol. The molecular formula is C16H12N2O7S2. The Balaban J connectivity index is 2.15. The summed E-state index contributed by atoms with van der Waals surface area (Å²) in [5, 5.41) is 0. The van der Waals surface area contributed by atoms with Crippen molar-refractivity contribution < 1.29 is 30.5 Å². The molecule has 3 rings (SSSR count). The van der Waals surface area contributed by atoms with Crippen molar-refractivity contribution >= 4 is 24.7 Å². The van der Waals surface area contributed by atoms with Crippen LogP contribution in [0.4, 0.5) is 4.79 Å². The molecule has 1 aromatic heterocycles. The summed E-state index contributed by atoms with van der Waals surface area (Å²) >= 11 is 0. The fourth-order valence-corrected chi connectivity index (χ4v) is 3.83. The molecule has 0 radical (unpaired) electrons. The Hall–Kier alpha value is -3.02. The van der Waals surface area contributed by atoms with Crippen LogP contribution in [0.15, 0.2) is 67.0 Å². The summed E-state index contributed by atoms with van der Waals surface area (Å²) in [6, 6.07) is 17.2. The second-order valence-electron chi connectivity index (χ2n) is 5.25. The van der Waals surface area contributed by atoms with E-state index in [0.29, 0.717) is 21.6 Å². The summed E-state index contributed by atoms with van der Waals surface area (Å²) in [5.41, 5.74) is 1.66. The molecule has 0 unspecified atom stereocenters. The van der Waals surface area contributed by atoms with E-state index in [1.165, 1.54) is 0 Å². The predicted octanol–water partition coefficient (Wildman–Crippen LogP) is 1.98. The molecule has 9 nitrogen and oxygen atoms in total. The van der Waals surface area contributed by atoms with E-state index in [9.17, 15) is 21.6 Å². The van der Waals surface area contributed by atoms with Gasteiger partial charge in [-0.1, -0.05) is 60.7 Å². The molecule has 0 aliphatic rings. The van der Waals surface area contributed by atoms with Crippen molar-refractivity contribution in [2.24, 2.45) is 0 Å². The van der Waals surface area contributed by atoms with E-state index < -0.39 is 24.7 Å². The number of benzene rings is 2. The van der Waals surface area contributed by atoms with Gasteiger partial charge in [0.25, 0.3) is 0 Å². The van der Waals surface area contributed by atoms with Gasteiger partial charge in [0.2, 0.25) is 0 Å². The van der Waals surface area contributed by atoms with E-state index in [2.05, 4.69) is 9.27 Å². The maximum Gasteiger partial charge on any atom is 0.426 e. The van der Waals surface area contributed by atoms with Gasteiger partial charge in [-0.05, 0) is 0 Å². The Labute approximate surface area is 154 Å². The molecule has 3 aromatic rings. The average Bonchev–Trinajstić information content (AvgIpc) is 3.04. The van der Waals surface area contributed by atoms with Crippen LogP contribution in [0.3, 0.4) is 0 Å². The van der Waals surface area contributed by atoms with E-state index in [0.717, 1.165) is 6.33 Å². The van der Waals surface area contributed by atoms with Crippen molar-refractivity contribution in [3.05, 3.63) is 67.0 Å². The third kappa shape index (κ3) is 3.89. The first-order valence-corrected chi connectivity index (χ1v) is 10.2. The number of nitrogens with zero attached hydrogens (tertiary/aromatic N) is 2. The molecule has 0 aliphatic carbocycles. The van der Waals surface area contributed by atoms with E-state index in [1.54, 1.807) is 60.7 Å². The summed E-state index contributed by atoms with van der Waals surface area (Å²) in [5.74, 6) is 0. The zero-order chi connectivity index (χ0) is 19.7. The molecule has 0 saturated heterocycles. The number of aromatic nitrogens is 2. The van der Waals surface area contributed by atoms with Crippen molar-refractivity contribution in [1.29, 1.82) is 0 Å². The SMILES string of the molecule is O=C(S(=O)(=O)O)S(=O)(=O)On1cnc(-c2ccccc2)c1-c1ccccc1. The van der Waals surface area contributed by atoms with Crippen molar-refractivity contribution in [1.82, 2.24) is 9.71 Å². The first kappa shape index (κ1) is 18.8. The lowest BCUT2D eigenvalue weighted by molar-refractivity contribution is 0.255. The first-order chi connectivity index (χ1) is 12.7. The second kappa shape index (κ2) is 6.95. The Kier molecular flexibility index (Phi) is 4.83. The highest BCUT2D eigenvalue weighted by Gasteiger charge is 2.37. The molecule has 1 N–H and O–H groups in total. The Morgan fingerprint density at radius 3 is 1.93 bits per heavy atom. The van der Waals surface area contributed by atoms with Gasteiger partial charge in [0.15, 0.2) is 0 Å². The van der Waals surface area contributed by atoms with Crippen LogP contribution in [-0.4, -0.2) is 35.6 Å². The fraction of sp³-hybridized carbons (Fsp3) is 0. The quantitative estimate of drug-likeness (QED) is 0.648. The van der Waals surface area contributed by atoms with E-state index in [4.69, 9.17) is 4.55 Å². The summed E-state index contributed by atoms with van der Waals surface area (Å²) in [7, 11) is -10.8. The molecule has 0 aliphatic heterocycles. The third-order valence-corrected chi connectivity index (χ3v) is 5.85. The predicted molar refractivity (Wildman–Crippen MR) is 95.5 cm³/mol. The molecule has 27 heavy (non-hydrogen) atoms. The molecule has 0 spiro atoms. The maximum atomic E-state index is 11.9. The Morgan fingerprint density at radius 2 is 1.41 bits per heavy atom. The van der Waals surface area contributed by atoms with Gasteiger partial charge < -0.3 is 0 Å². The molecule has 0 amide bonds. The lowest BCUT2D eigenvalue weighted by atomic mass is 10.1. The van der Waals surface area contributed by atoms with Crippen molar-refractivity contribution in [2.75, 3.05) is 0 Å². The molecule has 140 valence electrons. The smallest absolute Gasteiger partial charge is 0.279 e. The molecule has 1 heterocycles. The molecule has 0 bridgehead atoms. The number of rotatable bonds is 4. The minimum Gasteiger partial charge on any atom is -0.279 e. The van der Waals surface area contributed by atoms with Crippen LogP contribution in [0.2, 0.25) is 0 Å².